The molecule has 1 aromatic carbocycles. The van der Waals surface area contributed by atoms with Crippen LogP contribution >= 0.6 is 22.6 Å². The minimum absolute atomic E-state index is 0. The number of para-hydroxylation sites is 1. The van der Waals surface area contributed by atoms with Crippen LogP contribution in [-0.2, 0) is 15.0 Å². The number of rotatable bonds is 6. The summed E-state index contributed by atoms with van der Waals surface area (Å²) in [6.07, 6.45) is 0. The first-order chi connectivity index (χ1) is 12.7. The van der Waals surface area contributed by atoms with E-state index in [1.54, 1.807) is 0 Å². The Morgan fingerprint density at radius 2 is 1.86 bits per heavy atom. The number of nitrogens with one attached hydrogen (secondary N) is 1. The number of ether oxygens (including phenoxy) is 2. The van der Waals surface area contributed by atoms with Gasteiger partial charge >= 0.3 is 45.8 Å². The Kier molecular flexibility index (Phi) is 9.35. The summed E-state index contributed by atoms with van der Waals surface area (Å²) >= 11 is 1.86. The number of esters is 1. The van der Waals surface area contributed by atoms with Crippen LogP contribution in [0.15, 0.2) is 30.3 Å². The maximum atomic E-state index is 12.0. The molecule has 0 aliphatic rings. The van der Waals surface area contributed by atoms with Crippen LogP contribution in [0, 0.1) is 3.70 Å². The van der Waals surface area contributed by atoms with Crippen LogP contribution in [0.25, 0.3) is 4.72 Å². The van der Waals surface area contributed by atoms with Crippen molar-refractivity contribution in [2.24, 2.45) is 0 Å². The zero-order chi connectivity index (χ0) is 20.0. The first-order valence-electron chi connectivity index (χ1n) is 6.98. The maximum absolute atomic E-state index is 12.0. The molecule has 0 atom stereocenters. The van der Waals surface area contributed by atoms with Crippen molar-refractivity contribution in [3.05, 3.63) is 44.3 Å². The van der Waals surface area contributed by atoms with Gasteiger partial charge in [0.2, 0.25) is 5.88 Å². The molecule has 2 amide bonds. The number of anilines is 1. The van der Waals surface area contributed by atoms with Gasteiger partial charge in [0.1, 0.15) is 15.2 Å². The molecule has 144 valence electrons. The maximum Gasteiger partial charge on any atom is 1.00 e. The summed E-state index contributed by atoms with van der Waals surface area (Å²) in [5.74, 6) is -1.20. The molecule has 1 heterocycles. The van der Waals surface area contributed by atoms with Gasteiger partial charge in [-0.2, -0.15) is 13.4 Å². The monoisotopic (exact) mass is 530 g/mol. The van der Waals surface area contributed by atoms with Crippen LogP contribution in [0.3, 0.4) is 0 Å². The fourth-order valence-electron chi connectivity index (χ4n) is 1.73. The molecule has 0 aliphatic heterocycles. The van der Waals surface area contributed by atoms with Gasteiger partial charge in [-0.05, 0) is 34.7 Å². The molecule has 28 heavy (non-hydrogen) atoms. The molecular formula is C14H12IN4NaO7S. The number of hydrogen-bond donors (Lipinski definition) is 1. The van der Waals surface area contributed by atoms with E-state index in [9.17, 15) is 18.0 Å². The molecule has 14 heteroatoms. The van der Waals surface area contributed by atoms with Gasteiger partial charge in [-0.25, -0.2) is 9.78 Å². The topological polar surface area (TPSA) is 148 Å². The van der Waals surface area contributed by atoms with Crippen LogP contribution in [0.4, 0.5) is 10.7 Å². The zero-order valence-electron chi connectivity index (χ0n) is 14.9. The smallest absolute Gasteiger partial charge is 0.481 e. The summed E-state index contributed by atoms with van der Waals surface area (Å²) in [6.45, 7) is 0. The minimum Gasteiger partial charge on any atom is -0.481 e. The summed E-state index contributed by atoms with van der Waals surface area (Å²) in [5.41, 5.74) is -0.148. The molecule has 2 aromatic rings. The minimum atomic E-state index is -4.73. The molecule has 0 radical (unpaired) electrons. The average Bonchev–Trinajstić information content (AvgIpc) is 2.59. The van der Waals surface area contributed by atoms with Crippen LogP contribution < -0.4 is 43.8 Å². The van der Waals surface area contributed by atoms with Gasteiger partial charge in [-0.3, -0.25) is 9.52 Å². The third kappa shape index (κ3) is 7.05. The fraction of sp³-hybridized carbons (Fsp3) is 0.143. The number of hydrogen-bond acceptors (Lipinski definition) is 9. The van der Waals surface area contributed by atoms with E-state index in [-0.39, 0.29) is 52.7 Å². The number of halogens is 1. The van der Waals surface area contributed by atoms with E-state index < -0.39 is 22.3 Å². The van der Waals surface area contributed by atoms with E-state index >= 15 is 0 Å². The summed E-state index contributed by atoms with van der Waals surface area (Å²) in [5, 5.41) is 2.08. The van der Waals surface area contributed by atoms with Crippen molar-refractivity contribution < 1.29 is 61.2 Å². The van der Waals surface area contributed by atoms with Crippen LogP contribution in [0.1, 0.15) is 10.4 Å². The van der Waals surface area contributed by atoms with Gasteiger partial charge in [0.05, 0.1) is 14.2 Å². The Bertz CT molecular complexity index is 974. The Balaban J connectivity index is 0.00000392. The third-order valence-electron chi connectivity index (χ3n) is 2.78. The number of carbonyl (C=O) groups is 2. The molecule has 0 saturated carbocycles. The second kappa shape index (κ2) is 10.8. The van der Waals surface area contributed by atoms with Crippen LogP contribution in [0.2, 0.25) is 0 Å². The summed E-state index contributed by atoms with van der Waals surface area (Å²) in [7, 11) is -2.24. The van der Waals surface area contributed by atoms with E-state index in [0.717, 1.165) is 7.11 Å². The molecule has 0 bridgehead atoms. The van der Waals surface area contributed by atoms with E-state index in [1.165, 1.54) is 37.4 Å². The molecule has 0 spiro atoms. The number of aromatic nitrogens is 2. The van der Waals surface area contributed by atoms with Crippen molar-refractivity contribution in [1.82, 2.24) is 9.97 Å². The summed E-state index contributed by atoms with van der Waals surface area (Å²) in [4.78, 5) is 31.2. The zero-order valence-corrected chi connectivity index (χ0v) is 19.8. The average molecular weight is 530 g/mol. The van der Waals surface area contributed by atoms with Crippen molar-refractivity contribution in [2.45, 2.75) is 0 Å². The first-order valence-corrected chi connectivity index (χ1v) is 9.43. The summed E-state index contributed by atoms with van der Waals surface area (Å²) < 4.78 is 41.5. The number of urea groups is 1. The second-order valence-electron chi connectivity index (χ2n) is 4.58. The molecule has 0 aliphatic carbocycles. The Labute approximate surface area is 196 Å². The normalized spacial score (nSPS) is 10.2. The van der Waals surface area contributed by atoms with Gasteiger partial charge in [0, 0.05) is 6.07 Å². The van der Waals surface area contributed by atoms with Gasteiger partial charge in [0.25, 0.3) is 0 Å². The molecule has 0 fully saturated rings. The first kappa shape index (κ1) is 24.4. The van der Waals surface area contributed by atoms with Gasteiger partial charge in [-0.1, -0.05) is 12.1 Å². The van der Waals surface area contributed by atoms with Crippen LogP contribution in [-0.4, -0.2) is 44.6 Å². The predicted octanol–water partition coefficient (Wildman–Crippen LogP) is -0.890. The van der Waals surface area contributed by atoms with Crippen molar-refractivity contribution in [3.8, 4) is 11.6 Å². The number of amides is 2. The molecule has 2 rings (SSSR count). The van der Waals surface area contributed by atoms with E-state index in [2.05, 4.69) is 24.7 Å². The van der Waals surface area contributed by atoms with E-state index in [0.29, 0.717) is 3.70 Å². The Morgan fingerprint density at radius 1 is 1.18 bits per heavy atom. The van der Waals surface area contributed by atoms with Gasteiger partial charge in [-0.15, -0.1) is 0 Å². The second-order valence-corrected chi connectivity index (χ2v) is 6.89. The SMILES string of the molecule is COC(=O)c1ccccc1OS(=O)(=O)[N-]C(=O)Nc1nc(I)cc(OC)n1.[Na+]. The Morgan fingerprint density at radius 3 is 2.50 bits per heavy atom. The molecule has 0 saturated heterocycles. The summed E-state index contributed by atoms with van der Waals surface area (Å²) in [6, 6.07) is 5.63. The quantitative estimate of drug-likeness (QED) is 0.217. The van der Waals surface area contributed by atoms with Crippen LogP contribution in [0.5, 0.6) is 11.6 Å². The Hall–Kier alpha value is -1.68. The van der Waals surface area contributed by atoms with Crippen molar-refractivity contribution in [1.29, 1.82) is 0 Å². The number of carbonyl (C=O) groups excluding carboxylic acids is 2. The molecule has 0 unspecified atom stereocenters. The van der Waals surface area contributed by atoms with E-state index in [1.807, 2.05) is 22.6 Å². The van der Waals surface area contributed by atoms with Crippen molar-refractivity contribution in [2.75, 3.05) is 19.5 Å². The number of methoxy groups -OCH3 is 2. The van der Waals surface area contributed by atoms with Gasteiger partial charge < -0.3 is 19.0 Å². The standard InChI is InChI=1S/C14H13IN4O7S.Na/c1-24-11-7-10(15)16-13(17-11)18-14(21)19-27(22,23)26-9-6-4-3-5-8(9)12(20)25-2;/h3-7H,1-2H3,(H2,16,17,18,19,21);/q;+1/p-1. The molecule has 11 nitrogen and oxygen atoms in total. The largest absolute Gasteiger partial charge is 1.00 e. The molecule has 1 N–H and O–H groups in total. The van der Waals surface area contributed by atoms with E-state index in [4.69, 9.17) is 8.92 Å². The fourth-order valence-corrected chi connectivity index (χ4v) is 2.88. The van der Waals surface area contributed by atoms with Gasteiger partial charge in [0.15, 0.2) is 11.8 Å². The number of nitrogens with zero attached hydrogens (tertiary/aromatic N) is 3. The number of benzene rings is 1. The van der Waals surface area contributed by atoms with Crippen molar-refractivity contribution >= 4 is 50.8 Å². The predicted molar refractivity (Wildman–Crippen MR) is 101 cm³/mol. The van der Waals surface area contributed by atoms with Crippen molar-refractivity contribution in [3.63, 3.8) is 0 Å². The third-order valence-corrected chi connectivity index (χ3v) is 4.11. The molecular weight excluding hydrogens is 518 g/mol. The molecule has 1 aromatic heterocycles.